The summed E-state index contributed by atoms with van der Waals surface area (Å²) in [6, 6.07) is 46.4. The summed E-state index contributed by atoms with van der Waals surface area (Å²) in [7, 11) is 0. The second-order valence-electron chi connectivity index (χ2n) is 14.5. The molecule has 6 aromatic carbocycles. The third kappa shape index (κ3) is 11.1. The van der Waals surface area contributed by atoms with E-state index in [2.05, 4.69) is 30.9 Å². The predicted molar refractivity (Wildman–Crippen MR) is 239 cm³/mol. The molecule has 1 aliphatic heterocycles. The topological polar surface area (TPSA) is 208 Å². The number of rotatable bonds is 21. The molecule has 1 aliphatic rings. The van der Waals surface area contributed by atoms with Gasteiger partial charge in [0.1, 0.15) is 19.0 Å². The summed E-state index contributed by atoms with van der Waals surface area (Å²) in [6.45, 7) is 1.38. The highest BCUT2D eigenvalue weighted by atomic mass is 16.5. The van der Waals surface area contributed by atoms with Gasteiger partial charge < -0.3 is 24.1 Å². The maximum atomic E-state index is 14.9. The fraction of sp³-hybridized carbons (Fsp3) is 0.208. The molecule has 0 saturated carbocycles. The van der Waals surface area contributed by atoms with Crippen molar-refractivity contribution in [3.05, 3.63) is 206 Å². The van der Waals surface area contributed by atoms with Crippen LogP contribution in [0.4, 0.5) is 11.4 Å². The van der Waals surface area contributed by atoms with Crippen LogP contribution in [0.5, 0.6) is 17.2 Å². The molecule has 2 atom stereocenters. The summed E-state index contributed by atoms with van der Waals surface area (Å²) in [5.74, 6) is 1.39. The number of aliphatic imine (C=N–C) groups is 1. The zero-order chi connectivity index (χ0) is 43.7. The number of benzene rings is 6. The Kier molecular flexibility index (Phi) is 14.9. The van der Waals surface area contributed by atoms with Gasteiger partial charge in [0.05, 0.1) is 6.61 Å². The van der Waals surface area contributed by atoms with Crippen molar-refractivity contribution in [3.63, 3.8) is 0 Å². The molecular weight excluding hydrogens is 799 g/mol. The number of amides is 1. The molecule has 15 heteroatoms. The van der Waals surface area contributed by atoms with Crippen molar-refractivity contribution in [2.45, 2.75) is 44.1 Å². The van der Waals surface area contributed by atoms with Crippen molar-refractivity contribution in [2.24, 2.45) is 15.2 Å². The molecule has 3 N–H and O–H groups in total. The Bertz CT molecular complexity index is 2600. The van der Waals surface area contributed by atoms with E-state index in [4.69, 9.17) is 23.9 Å². The number of hydrogen-bond donors (Lipinski definition) is 3. The Balaban J connectivity index is 1.17. The minimum atomic E-state index is -1.73. The zero-order valence-corrected chi connectivity index (χ0v) is 34.3. The first-order valence-electron chi connectivity index (χ1n) is 20.4. The summed E-state index contributed by atoms with van der Waals surface area (Å²) in [4.78, 5) is 26.1. The molecular formula is C48H45N9O6. The number of aliphatic hydroxyl groups excluding tert-OH is 1. The molecule has 0 fully saturated rings. The van der Waals surface area contributed by atoms with Crippen molar-refractivity contribution in [3.8, 4) is 17.2 Å². The van der Waals surface area contributed by atoms with E-state index in [-0.39, 0.29) is 24.6 Å². The first-order valence-corrected chi connectivity index (χ1v) is 20.4. The molecule has 0 bridgehead atoms. The van der Waals surface area contributed by atoms with Crippen LogP contribution in [-0.2, 0) is 35.6 Å². The van der Waals surface area contributed by atoms with Gasteiger partial charge in [-0.3, -0.25) is 10.2 Å². The Morgan fingerprint density at radius 3 is 2.06 bits per heavy atom. The molecule has 0 radical (unpaired) electrons. The quantitative estimate of drug-likeness (QED) is 0.0210. The van der Waals surface area contributed by atoms with Gasteiger partial charge in [-0.2, -0.15) is 0 Å². The molecule has 0 aromatic heterocycles. The first-order chi connectivity index (χ1) is 31.0. The molecule has 0 aliphatic carbocycles. The van der Waals surface area contributed by atoms with Crippen LogP contribution < -0.4 is 25.1 Å². The predicted octanol–water partition coefficient (Wildman–Crippen LogP) is 9.85. The molecule has 1 heterocycles. The molecule has 0 unspecified atom stereocenters. The van der Waals surface area contributed by atoms with Crippen LogP contribution in [0, 0.1) is 0 Å². The number of aliphatic hydroxyl groups is 1. The number of carbonyl (C=O) groups is 1. The molecule has 0 spiro atoms. The zero-order valence-electron chi connectivity index (χ0n) is 34.3. The van der Waals surface area contributed by atoms with E-state index in [0.29, 0.717) is 78.8 Å². The number of hydrazine groups is 1. The van der Waals surface area contributed by atoms with Crippen molar-refractivity contribution in [2.75, 3.05) is 19.8 Å². The Hall–Kier alpha value is -7.80. The van der Waals surface area contributed by atoms with Gasteiger partial charge in [0.2, 0.25) is 5.90 Å². The number of hydrogen-bond acceptors (Lipinski definition) is 10. The van der Waals surface area contributed by atoms with Crippen LogP contribution in [0.2, 0.25) is 0 Å². The summed E-state index contributed by atoms with van der Waals surface area (Å²) < 4.78 is 24.9. The second-order valence-corrected chi connectivity index (χ2v) is 14.5. The standard InChI is InChI=1S/C48H45N9O6/c49-56-53-41-18-9-7-16-38(41)31-48(45(40-17-8-10-19-42(40)54-57-50)63-46(52-48)37-21-23-39(24-22-37)60-29-11-28-58)47(59)55-51-27-26-34-20-25-43(61-32-35-12-3-1-4-13-35)44(30-34)62-33-36-14-5-2-6-15-36/h1-10,12-25,30,45,51,58H,11,26-29,31-33H2,(H,55,59)/t45-,48-/m0/s1. The summed E-state index contributed by atoms with van der Waals surface area (Å²) in [6.07, 6.45) is -0.200. The number of azide groups is 2. The maximum absolute atomic E-state index is 14.9. The van der Waals surface area contributed by atoms with Gasteiger partial charge in [0.25, 0.3) is 5.91 Å². The lowest BCUT2D eigenvalue weighted by Gasteiger charge is -2.31. The van der Waals surface area contributed by atoms with E-state index >= 15 is 0 Å². The Labute approximate surface area is 364 Å². The third-order valence-corrected chi connectivity index (χ3v) is 10.2. The van der Waals surface area contributed by atoms with E-state index in [1.54, 1.807) is 72.8 Å². The van der Waals surface area contributed by atoms with E-state index < -0.39 is 17.6 Å². The van der Waals surface area contributed by atoms with E-state index in [9.17, 15) is 21.0 Å². The SMILES string of the molecule is [N-]=[N+]=Nc1ccccc1C[C@]1(C(=O)NNCCc2ccc(OCc3ccccc3)c(OCc3ccccc3)c2)N=C(c2ccc(OCCCO)cc2)O[C@H]1c1ccccc1N=[N+]=[N-]. The molecule has 0 saturated heterocycles. The van der Waals surface area contributed by atoms with E-state index in [1.165, 1.54) is 0 Å². The van der Waals surface area contributed by atoms with Crippen LogP contribution in [-0.4, -0.2) is 42.2 Å². The highest BCUT2D eigenvalue weighted by molar-refractivity contribution is 6.01. The van der Waals surface area contributed by atoms with Gasteiger partial charge in [-0.15, -0.1) is 0 Å². The lowest BCUT2D eigenvalue weighted by molar-refractivity contribution is -0.130. The van der Waals surface area contributed by atoms with Gasteiger partial charge in [-0.05, 0) is 76.1 Å². The fourth-order valence-electron chi connectivity index (χ4n) is 7.07. The van der Waals surface area contributed by atoms with Gasteiger partial charge in [0, 0.05) is 58.3 Å². The number of nitrogens with one attached hydrogen (secondary N) is 2. The Morgan fingerprint density at radius 2 is 1.37 bits per heavy atom. The van der Waals surface area contributed by atoms with Crippen molar-refractivity contribution >= 4 is 23.2 Å². The van der Waals surface area contributed by atoms with Crippen LogP contribution in [0.25, 0.3) is 20.9 Å². The smallest absolute Gasteiger partial charge is 0.266 e. The van der Waals surface area contributed by atoms with Gasteiger partial charge in [0.15, 0.2) is 23.1 Å². The van der Waals surface area contributed by atoms with E-state index in [1.807, 2.05) is 78.9 Å². The van der Waals surface area contributed by atoms with E-state index in [0.717, 1.165) is 16.7 Å². The van der Waals surface area contributed by atoms with Gasteiger partial charge in [-0.1, -0.05) is 125 Å². The monoisotopic (exact) mass is 843 g/mol. The third-order valence-electron chi connectivity index (χ3n) is 10.2. The van der Waals surface area contributed by atoms with Crippen molar-refractivity contribution in [1.82, 2.24) is 10.9 Å². The van der Waals surface area contributed by atoms with Crippen molar-refractivity contribution < 1.29 is 28.8 Å². The molecule has 6 aromatic rings. The average molecular weight is 844 g/mol. The summed E-state index contributed by atoms with van der Waals surface area (Å²) in [5, 5.41) is 17.0. The molecule has 63 heavy (non-hydrogen) atoms. The first kappa shape index (κ1) is 43.3. The van der Waals surface area contributed by atoms with Crippen LogP contribution >= 0.6 is 0 Å². The lowest BCUT2D eigenvalue weighted by atomic mass is 9.81. The normalized spacial score (nSPS) is 15.2. The van der Waals surface area contributed by atoms with Gasteiger partial charge in [-0.25, -0.2) is 10.4 Å². The lowest BCUT2D eigenvalue weighted by Crippen LogP contribution is -2.54. The average Bonchev–Trinajstić information content (AvgIpc) is 3.71. The molecule has 7 rings (SSSR count). The minimum absolute atomic E-state index is 0.00638. The molecule has 318 valence electrons. The largest absolute Gasteiger partial charge is 0.494 e. The highest BCUT2D eigenvalue weighted by Gasteiger charge is 2.54. The number of nitrogens with zero attached hydrogens (tertiary/aromatic N) is 7. The minimum Gasteiger partial charge on any atom is -0.494 e. The second kappa shape index (κ2) is 21.6. The van der Waals surface area contributed by atoms with Crippen LogP contribution in [0.3, 0.4) is 0 Å². The van der Waals surface area contributed by atoms with Crippen LogP contribution in [0.1, 0.15) is 45.9 Å². The molecule has 15 nitrogen and oxygen atoms in total. The molecule has 1 amide bonds. The highest BCUT2D eigenvalue weighted by Crippen LogP contribution is 2.46. The van der Waals surface area contributed by atoms with Crippen molar-refractivity contribution in [1.29, 1.82) is 0 Å². The van der Waals surface area contributed by atoms with Crippen LogP contribution in [0.15, 0.2) is 167 Å². The Morgan fingerprint density at radius 1 is 0.730 bits per heavy atom. The van der Waals surface area contributed by atoms with Gasteiger partial charge >= 0.3 is 0 Å². The number of ether oxygens (including phenoxy) is 4. The fourth-order valence-corrected chi connectivity index (χ4v) is 7.07. The summed E-state index contributed by atoms with van der Waals surface area (Å²) >= 11 is 0. The maximum Gasteiger partial charge on any atom is 0.266 e. The summed E-state index contributed by atoms with van der Waals surface area (Å²) in [5.41, 5.74) is 28.3. The number of carbonyl (C=O) groups excluding carboxylic acids is 1.